The maximum absolute atomic E-state index is 12.7. The lowest BCUT2D eigenvalue weighted by molar-refractivity contribution is 0.0846. The van der Waals surface area contributed by atoms with Crippen LogP contribution < -0.4 is 15.6 Å². The Morgan fingerprint density at radius 3 is 2.24 bits per heavy atom. The van der Waals surface area contributed by atoms with Crippen molar-refractivity contribution in [2.45, 2.75) is 25.3 Å². The molecule has 0 aliphatic carbocycles. The standard InChI is InChI=1S/C23H27N5O5S/c1-4-28(5-2)34(31,32)20-8-6-7-18(15-20)23(30)26-25-22(29)17-9-11-19(12-10-17)33-16-21-24-13-14-27(21)3/h6-15H,4-5,16H2,1-3H3,(H,25,29)(H,26,30). The summed E-state index contributed by atoms with van der Waals surface area (Å²) in [6, 6.07) is 12.1. The van der Waals surface area contributed by atoms with Crippen LogP contribution in [0.2, 0.25) is 0 Å². The molecule has 2 aromatic carbocycles. The van der Waals surface area contributed by atoms with Gasteiger partial charge in [0.15, 0.2) is 0 Å². The Kier molecular flexibility index (Phi) is 8.03. The lowest BCUT2D eigenvalue weighted by atomic mass is 10.2. The van der Waals surface area contributed by atoms with Crippen LogP contribution in [0.4, 0.5) is 0 Å². The summed E-state index contributed by atoms with van der Waals surface area (Å²) in [4.78, 5) is 29.1. The SMILES string of the molecule is CCN(CC)S(=O)(=O)c1cccc(C(=O)NNC(=O)c2ccc(OCc3nccn3C)cc2)c1. The van der Waals surface area contributed by atoms with E-state index in [9.17, 15) is 18.0 Å². The van der Waals surface area contributed by atoms with Gasteiger partial charge in [0.05, 0.1) is 4.90 Å². The number of hydrogen-bond acceptors (Lipinski definition) is 6. The predicted octanol–water partition coefficient (Wildman–Crippen LogP) is 2.10. The number of aromatic nitrogens is 2. The van der Waals surface area contributed by atoms with E-state index in [4.69, 9.17) is 4.74 Å². The second-order valence-electron chi connectivity index (χ2n) is 7.29. The van der Waals surface area contributed by atoms with E-state index in [1.165, 1.54) is 28.6 Å². The molecule has 1 aromatic heterocycles. The van der Waals surface area contributed by atoms with Gasteiger partial charge < -0.3 is 9.30 Å². The zero-order chi connectivity index (χ0) is 24.7. The Morgan fingerprint density at radius 1 is 1.00 bits per heavy atom. The molecule has 0 bridgehead atoms. The summed E-state index contributed by atoms with van der Waals surface area (Å²) in [6.07, 6.45) is 3.50. The summed E-state index contributed by atoms with van der Waals surface area (Å²) in [5, 5.41) is 0. The van der Waals surface area contributed by atoms with E-state index in [1.54, 1.807) is 44.3 Å². The Morgan fingerprint density at radius 2 is 1.65 bits per heavy atom. The zero-order valence-electron chi connectivity index (χ0n) is 19.2. The molecule has 0 atom stereocenters. The van der Waals surface area contributed by atoms with Gasteiger partial charge in [0, 0.05) is 43.7 Å². The predicted molar refractivity (Wildman–Crippen MR) is 125 cm³/mol. The highest BCUT2D eigenvalue weighted by Gasteiger charge is 2.22. The number of nitrogens with one attached hydrogen (secondary N) is 2. The van der Waals surface area contributed by atoms with Crippen LogP contribution in [0.15, 0.2) is 65.8 Å². The van der Waals surface area contributed by atoms with Gasteiger partial charge in [-0.25, -0.2) is 13.4 Å². The molecule has 0 aliphatic rings. The molecule has 0 saturated carbocycles. The quantitative estimate of drug-likeness (QED) is 0.448. The number of aryl methyl sites for hydroxylation is 1. The van der Waals surface area contributed by atoms with Gasteiger partial charge in [-0.3, -0.25) is 20.4 Å². The molecule has 0 fully saturated rings. The van der Waals surface area contributed by atoms with Gasteiger partial charge in [-0.1, -0.05) is 19.9 Å². The lowest BCUT2D eigenvalue weighted by Gasteiger charge is -2.18. The first-order valence-corrected chi connectivity index (χ1v) is 12.1. The molecular weight excluding hydrogens is 458 g/mol. The highest BCUT2D eigenvalue weighted by Crippen LogP contribution is 2.17. The average molecular weight is 486 g/mol. The van der Waals surface area contributed by atoms with E-state index in [1.807, 2.05) is 17.8 Å². The summed E-state index contributed by atoms with van der Waals surface area (Å²) in [7, 11) is -1.84. The van der Waals surface area contributed by atoms with Gasteiger partial charge >= 0.3 is 0 Å². The molecule has 0 radical (unpaired) electrons. The number of carbonyl (C=O) groups excluding carboxylic acids is 2. The third-order valence-electron chi connectivity index (χ3n) is 5.13. The van der Waals surface area contributed by atoms with Crippen LogP contribution in [-0.2, 0) is 23.7 Å². The molecular formula is C23H27N5O5S. The van der Waals surface area contributed by atoms with Gasteiger partial charge in [-0.15, -0.1) is 0 Å². The van der Waals surface area contributed by atoms with Crippen LogP contribution in [0.25, 0.3) is 0 Å². The minimum absolute atomic E-state index is 0.0105. The average Bonchev–Trinajstić information content (AvgIpc) is 3.26. The van der Waals surface area contributed by atoms with Crippen molar-refractivity contribution in [2.75, 3.05) is 13.1 Å². The molecule has 0 spiro atoms. The van der Waals surface area contributed by atoms with Crippen molar-refractivity contribution in [3.63, 3.8) is 0 Å². The minimum atomic E-state index is -3.71. The van der Waals surface area contributed by atoms with E-state index >= 15 is 0 Å². The van der Waals surface area contributed by atoms with Crippen LogP contribution in [-0.4, -0.2) is 47.2 Å². The second-order valence-corrected chi connectivity index (χ2v) is 9.23. The molecule has 1 heterocycles. The fraction of sp³-hybridized carbons (Fsp3) is 0.261. The maximum atomic E-state index is 12.7. The van der Waals surface area contributed by atoms with Crippen LogP contribution >= 0.6 is 0 Å². The van der Waals surface area contributed by atoms with Crippen molar-refractivity contribution in [3.05, 3.63) is 77.9 Å². The number of hydrogen-bond donors (Lipinski definition) is 2. The van der Waals surface area contributed by atoms with Crippen LogP contribution in [0.1, 0.15) is 40.4 Å². The van der Waals surface area contributed by atoms with E-state index in [0.29, 0.717) is 24.4 Å². The highest BCUT2D eigenvalue weighted by atomic mass is 32.2. The van der Waals surface area contributed by atoms with Crippen molar-refractivity contribution >= 4 is 21.8 Å². The second kappa shape index (κ2) is 10.9. The first-order chi connectivity index (χ1) is 16.3. The summed E-state index contributed by atoms with van der Waals surface area (Å²) < 4.78 is 34.2. The van der Waals surface area contributed by atoms with E-state index < -0.39 is 21.8 Å². The molecule has 11 heteroatoms. The van der Waals surface area contributed by atoms with Crippen molar-refractivity contribution < 1.29 is 22.7 Å². The molecule has 0 saturated heterocycles. The highest BCUT2D eigenvalue weighted by molar-refractivity contribution is 7.89. The van der Waals surface area contributed by atoms with E-state index in [2.05, 4.69) is 15.8 Å². The zero-order valence-corrected chi connectivity index (χ0v) is 20.0. The Bertz CT molecular complexity index is 1250. The fourth-order valence-electron chi connectivity index (χ4n) is 3.15. The van der Waals surface area contributed by atoms with Gasteiger partial charge in [0.2, 0.25) is 10.0 Å². The molecule has 180 valence electrons. The van der Waals surface area contributed by atoms with E-state index in [-0.39, 0.29) is 17.1 Å². The molecule has 2 amide bonds. The number of benzene rings is 2. The smallest absolute Gasteiger partial charge is 0.269 e. The number of carbonyl (C=O) groups is 2. The van der Waals surface area contributed by atoms with Crippen molar-refractivity contribution in [1.82, 2.24) is 24.7 Å². The molecule has 3 rings (SSSR count). The van der Waals surface area contributed by atoms with Gasteiger partial charge in [-0.2, -0.15) is 4.31 Å². The van der Waals surface area contributed by atoms with Crippen molar-refractivity contribution in [3.8, 4) is 5.75 Å². The monoisotopic (exact) mass is 485 g/mol. The van der Waals surface area contributed by atoms with Crippen molar-refractivity contribution in [1.29, 1.82) is 0 Å². The molecule has 10 nitrogen and oxygen atoms in total. The molecule has 34 heavy (non-hydrogen) atoms. The number of hydrazine groups is 1. The number of imidazole rings is 1. The number of sulfonamides is 1. The van der Waals surface area contributed by atoms with Crippen molar-refractivity contribution in [2.24, 2.45) is 7.05 Å². The third-order valence-corrected chi connectivity index (χ3v) is 7.18. The first kappa shape index (κ1) is 24.9. The van der Waals surface area contributed by atoms with E-state index in [0.717, 1.165) is 5.82 Å². The summed E-state index contributed by atoms with van der Waals surface area (Å²) in [6.45, 7) is 4.41. The first-order valence-electron chi connectivity index (χ1n) is 10.7. The Balaban J connectivity index is 1.58. The van der Waals surface area contributed by atoms with Gasteiger partial charge in [0.25, 0.3) is 11.8 Å². The molecule has 2 N–H and O–H groups in total. The fourth-order valence-corrected chi connectivity index (χ4v) is 4.66. The topological polar surface area (TPSA) is 123 Å². The number of nitrogens with zero attached hydrogens (tertiary/aromatic N) is 3. The van der Waals surface area contributed by atoms with Gasteiger partial charge in [-0.05, 0) is 42.5 Å². The largest absolute Gasteiger partial charge is 0.486 e. The summed E-state index contributed by atoms with van der Waals surface area (Å²) in [5.41, 5.74) is 5.05. The molecule has 0 unspecified atom stereocenters. The minimum Gasteiger partial charge on any atom is -0.486 e. The number of amides is 2. The van der Waals surface area contributed by atoms with Crippen LogP contribution in [0, 0.1) is 0 Å². The number of ether oxygens (including phenoxy) is 1. The van der Waals surface area contributed by atoms with Crippen LogP contribution in [0.5, 0.6) is 5.75 Å². The Hall–Kier alpha value is -3.70. The lowest BCUT2D eigenvalue weighted by Crippen LogP contribution is -2.41. The normalized spacial score (nSPS) is 11.3. The van der Waals surface area contributed by atoms with Crippen LogP contribution in [0.3, 0.4) is 0 Å². The van der Waals surface area contributed by atoms with Gasteiger partial charge in [0.1, 0.15) is 18.2 Å². The number of rotatable bonds is 9. The maximum Gasteiger partial charge on any atom is 0.269 e. The molecule has 0 aliphatic heterocycles. The summed E-state index contributed by atoms with van der Waals surface area (Å²) >= 11 is 0. The Labute approximate surface area is 198 Å². The third kappa shape index (κ3) is 5.80. The molecule has 3 aromatic rings. The summed E-state index contributed by atoms with van der Waals surface area (Å²) in [5.74, 6) is 0.157.